The van der Waals surface area contributed by atoms with Crippen molar-refractivity contribution in [2.45, 2.75) is 42.9 Å². The molecule has 2 atom stereocenters. The largest absolute Gasteiger partial charge is 0.459 e. The lowest BCUT2D eigenvalue weighted by molar-refractivity contribution is -0.162. The lowest BCUT2D eigenvalue weighted by Gasteiger charge is -2.37. The summed E-state index contributed by atoms with van der Waals surface area (Å²) in [6.45, 7) is -6.70. The zero-order chi connectivity index (χ0) is 20.3. The van der Waals surface area contributed by atoms with Crippen LogP contribution in [0.5, 0.6) is 0 Å². The Kier molecular flexibility index (Phi) is 1.80. The van der Waals surface area contributed by atoms with E-state index >= 15 is 0 Å². The SMILES string of the molecule is [2H]C([2H])([2H])C1(C([2H])([2H])[2H])S[C@@H]2CC(=O)N2[C@@]1([2H])C(=O)OCc1ccccc1. The Bertz CT molecular complexity index is 753. The van der Waals surface area contributed by atoms with Crippen molar-refractivity contribution in [1.29, 1.82) is 0 Å². The molecule has 4 nitrogen and oxygen atoms in total. The van der Waals surface area contributed by atoms with Crippen LogP contribution in [0.15, 0.2) is 30.3 Å². The van der Waals surface area contributed by atoms with Gasteiger partial charge in [0, 0.05) is 13.0 Å². The van der Waals surface area contributed by atoms with Crippen molar-refractivity contribution < 1.29 is 23.9 Å². The van der Waals surface area contributed by atoms with Crippen molar-refractivity contribution in [2.75, 3.05) is 0 Å². The minimum absolute atomic E-state index is 0.120. The van der Waals surface area contributed by atoms with Gasteiger partial charge in [-0.15, -0.1) is 11.8 Å². The van der Waals surface area contributed by atoms with Crippen LogP contribution in [0, 0.1) is 0 Å². The van der Waals surface area contributed by atoms with E-state index in [0.717, 1.165) is 4.90 Å². The maximum Gasteiger partial charge on any atom is 0.330 e. The van der Waals surface area contributed by atoms with Gasteiger partial charge in [0.2, 0.25) is 5.91 Å². The highest BCUT2D eigenvalue weighted by atomic mass is 32.2. The Balaban J connectivity index is 2.03. The summed E-state index contributed by atoms with van der Waals surface area (Å²) in [4.78, 5) is 25.7. The summed E-state index contributed by atoms with van der Waals surface area (Å²) >= 11 is 0.474. The molecule has 0 aliphatic carbocycles. The molecular weight excluding hydrogens is 274 g/mol. The molecule has 2 fully saturated rings. The maximum atomic E-state index is 12.9. The number of rotatable bonds is 3. The van der Waals surface area contributed by atoms with Gasteiger partial charge in [-0.05, 0) is 19.3 Å². The normalized spacial score (nSPS) is 37.0. The molecule has 1 amide bonds. The number of hydrogen-bond acceptors (Lipinski definition) is 4. The highest BCUT2D eigenvalue weighted by Gasteiger charge is 2.59. The van der Waals surface area contributed by atoms with Crippen LogP contribution in [0.4, 0.5) is 0 Å². The van der Waals surface area contributed by atoms with E-state index in [1.54, 1.807) is 30.3 Å². The van der Waals surface area contributed by atoms with Crippen molar-refractivity contribution in [3.8, 4) is 0 Å². The second-order valence-corrected chi connectivity index (χ2v) is 6.02. The van der Waals surface area contributed by atoms with E-state index in [2.05, 4.69) is 0 Å². The highest BCUT2D eigenvalue weighted by Crippen LogP contribution is 2.50. The van der Waals surface area contributed by atoms with Crippen molar-refractivity contribution in [1.82, 2.24) is 4.90 Å². The standard InChI is InChI=1S/C15H17NO3S/c1-15(2)13(16-11(17)8-12(16)20-15)14(18)19-9-10-6-4-3-5-7-10/h3-7,12-13H,8-9H2,1-2H3/t12-,13+/m1/s1/i1D3,2D3,13D. The Morgan fingerprint density at radius 3 is 2.95 bits per heavy atom. The van der Waals surface area contributed by atoms with Crippen LogP contribution in [0.2, 0.25) is 0 Å². The Labute approximate surface area is 132 Å². The first-order valence-electron chi connectivity index (χ1n) is 9.57. The van der Waals surface area contributed by atoms with Crippen LogP contribution in [0.1, 0.15) is 35.3 Å². The molecule has 3 rings (SSSR count). The van der Waals surface area contributed by atoms with Gasteiger partial charge in [-0.2, -0.15) is 0 Å². The molecular formula is C15H17NO3S. The first-order valence-corrected chi connectivity index (χ1v) is 6.95. The molecule has 2 aliphatic rings. The molecule has 1 aromatic carbocycles. The number of carbonyl (C=O) groups is 2. The number of ether oxygens (including phenoxy) is 1. The Morgan fingerprint density at radius 2 is 2.30 bits per heavy atom. The second-order valence-electron chi connectivity index (χ2n) is 4.63. The molecule has 0 aromatic heterocycles. The van der Waals surface area contributed by atoms with Gasteiger partial charge in [-0.3, -0.25) is 4.79 Å². The van der Waals surface area contributed by atoms with Gasteiger partial charge in [-0.1, -0.05) is 30.3 Å². The van der Waals surface area contributed by atoms with E-state index in [9.17, 15) is 9.59 Å². The van der Waals surface area contributed by atoms with Crippen LogP contribution in [-0.4, -0.2) is 32.9 Å². The summed E-state index contributed by atoms with van der Waals surface area (Å²) in [5.41, 5.74) is 0.583. The summed E-state index contributed by atoms with van der Waals surface area (Å²) < 4.78 is 58.0. The van der Waals surface area contributed by atoms with Gasteiger partial charge in [-0.25, -0.2) is 4.79 Å². The van der Waals surface area contributed by atoms with Gasteiger partial charge in [0.1, 0.15) is 12.6 Å². The summed E-state index contributed by atoms with van der Waals surface area (Å²) in [5, 5.41) is -0.861. The van der Waals surface area contributed by atoms with Crippen LogP contribution in [0.3, 0.4) is 0 Å². The fourth-order valence-electron chi connectivity index (χ4n) is 2.21. The molecule has 0 saturated carbocycles. The maximum absolute atomic E-state index is 12.9. The van der Waals surface area contributed by atoms with E-state index in [4.69, 9.17) is 14.3 Å². The summed E-state index contributed by atoms with van der Waals surface area (Å²) in [6, 6.07) is 5.59. The monoisotopic (exact) mass is 298 g/mol. The average molecular weight is 298 g/mol. The van der Waals surface area contributed by atoms with Gasteiger partial charge < -0.3 is 9.64 Å². The lowest BCUT2D eigenvalue weighted by atomic mass is 9.98. The zero-order valence-corrected chi connectivity index (χ0v) is 11.3. The third kappa shape index (κ3) is 2.20. The van der Waals surface area contributed by atoms with Gasteiger partial charge in [0.15, 0.2) is 0 Å². The number of esters is 1. The lowest BCUT2D eigenvalue weighted by Crippen LogP contribution is -2.57. The molecule has 2 heterocycles. The van der Waals surface area contributed by atoms with Gasteiger partial charge in [0.25, 0.3) is 0 Å². The van der Waals surface area contributed by atoms with Crippen LogP contribution >= 0.6 is 11.8 Å². The topological polar surface area (TPSA) is 46.6 Å². The predicted molar refractivity (Wildman–Crippen MR) is 76.9 cm³/mol. The number of carbonyl (C=O) groups excluding carboxylic acids is 2. The molecule has 20 heavy (non-hydrogen) atoms. The highest BCUT2D eigenvalue weighted by molar-refractivity contribution is 8.01. The number of benzene rings is 1. The predicted octanol–water partition coefficient (Wildman–Crippen LogP) is 2.18. The van der Waals surface area contributed by atoms with Crippen LogP contribution in [-0.2, 0) is 20.9 Å². The molecule has 1 aromatic rings. The molecule has 5 heteroatoms. The molecule has 0 N–H and O–H groups in total. The second kappa shape index (κ2) is 4.81. The summed E-state index contributed by atoms with van der Waals surface area (Å²) in [5.74, 6) is -2.00. The van der Waals surface area contributed by atoms with Crippen LogP contribution < -0.4 is 0 Å². The van der Waals surface area contributed by atoms with Crippen LogP contribution in [0.25, 0.3) is 0 Å². The molecule has 0 bridgehead atoms. The van der Waals surface area contributed by atoms with E-state index in [1.165, 1.54) is 0 Å². The molecule has 0 unspecified atom stereocenters. The number of nitrogens with zero attached hydrogens (tertiary/aromatic N) is 1. The van der Waals surface area contributed by atoms with E-state index in [0.29, 0.717) is 17.3 Å². The van der Waals surface area contributed by atoms with Crippen molar-refractivity contribution in [3.05, 3.63) is 35.9 Å². The summed E-state index contributed by atoms with van der Waals surface area (Å²) in [7, 11) is 0. The quantitative estimate of drug-likeness (QED) is 0.634. The third-order valence-corrected chi connectivity index (χ3v) is 4.40. The smallest absolute Gasteiger partial charge is 0.330 e. The van der Waals surface area contributed by atoms with Crippen molar-refractivity contribution in [3.63, 3.8) is 0 Å². The Hall–Kier alpha value is -1.49. The zero-order valence-electron chi connectivity index (χ0n) is 17.5. The number of amides is 1. The minimum Gasteiger partial charge on any atom is -0.459 e. The molecule has 0 radical (unpaired) electrons. The van der Waals surface area contributed by atoms with E-state index in [1.807, 2.05) is 0 Å². The number of β-lactam (4-membered cyclic amide) rings is 1. The molecule has 106 valence electrons. The van der Waals surface area contributed by atoms with Gasteiger partial charge >= 0.3 is 5.97 Å². The third-order valence-electron chi connectivity index (χ3n) is 3.20. The summed E-state index contributed by atoms with van der Waals surface area (Å²) in [6.07, 6.45) is -0.120. The number of fused-ring (bicyclic) bond motifs is 1. The fourth-order valence-corrected chi connectivity index (χ4v) is 3.47. The minimum atomic E-state index is -3.21. The number of hydrogen-bond donors (Lipinski definition) is 0. The van der Waals surface area contributed by atoms with E-state index < -0.39 is 41.7 Å². The fraction of sp³-hybridized carbons (Fsp3) is 0.467. The molecule has 2 aliphatic heterocycles. The number of thioether (sulfide) groups is 1. The first kappa shape index (κ1) is 7.50. The molecule has 2 saturated heterocycles. The van der Waals surface area contributed by atoms with E-state index in [-0.39, 0.29) is 13.0 Å². The van der Waals surface area contributed by atoms with Gasteiger partial charge in [0.05, 0.1) is 13.2 Å². The molecule has 0 spiro atoms. The Morgan fingerprint density at radius 1 is 1.55 bits per heavy atom. The average Bonchev–Trinajstić information content (AvgIpc) is 2.78. The van der Waals surface area contributed by atoms with Crippen molar-refractivity contribution in [2.24, 2.45) is 0 Å². The van der Waals surface area contributed by atoms with Crippen molar-refractivity contribution >= 4 is 23.6 Å². The first-order chi connectivity index (χ1) is 12.4.